The van der Waals surface area contributed by atoms with Crippen LogP contribution in [-0.2, 0) is 0 Å². The predicted molar refractivity (Wildman–Crippen MR) is 95.9 cm³/mol. The SMILES string of the molecule is OCCN1CCN([C@@H](c2ccccc2)c2sc3ncnn3c2O)CC1. The fraction of sp³-hybridized carbons (Fsp3) is 0.412. The number of hydrogen-bond donors (Lipinski definition) is 2. The Labute approximate surface area is 149 Å². The van der Waals surface area contributed by atoms with Crippen LogP contribution in [0, 0.1) is 0 Å². The summed E-state index contributed by atoms with van der Waals surface area (Å²) in [4.78, 5) is 10.4. The molecule has 7 nitrogen and oxygen atoms in total. The first-order valence-electron chi connectivity index (χ1n) is 8.41. The van der Waals surface area contributed by atoms with E-state index in [1.165, 1.54) is 22.2 Å². The van der Waals surface area contributed by atoms with Crippen LogP contribution < -0.4 is 0 Å². The molecule has 2 aromatic heterocycles. The second-order valence-electron chi connectivity index (χ2n) is 6.16. The van der Waals surface area contributed by atoms with Crippen molar-refractivity contribution in [3.05, 3.63) is 47.1 Å². The van der Waals surface area contributed by atoms with Crippen LogP contribution in [0.15, 0.2) is 36.7 Å². The summed E-state index contributed by atoms with van der Waals surface area (Å²) in [6.07, 6.45) is 1.46. The number of piperazine rings is 1. The van der Waals surface area contributed by atoms with Crippen molar-refractivity contribution in [1.29, 1.82) is 0 Å². The largest absolute Gasteiger partial charge is 0.492 e. The lowest BCUT2D eigenvalue weighted by atomic mass is 10.0. The first kappa shape index (κ1) is 16.5. The number of hydrogen-bond acceptors (Lipinski definition) is 7. The van der Waals surface area contributed by atoms with E-state index in [-0.39, 0.29) is 18.5 Å². The molecule has 1 fully saturated rings. The van der Waals surface area contributed by atoms with Gasteiger partial charge in [0.05, 0.1) is 17.5 Å². The minimum atomic E-state index is -0.0222. The topological polar surface area (TPSA) is 77.1 Å². The lowest BCUT2D eigenvalue weighted by molar-refractivity contribution is 0.0945. The van der Waals surface area contributed by atoms with E-state index in [2.05, 4.69) is 32.0 Å². The number of thiazole rings is 1. The summed E-state index contributed by atoms with van der Waals surface area (Å²) in [5.74, 6) is 0.171. The number of fused-ring (bicyclic) bond motifs is 1. The van der Waals surface area contributed by atoms with Crippen LogP contribution in [0.5, 0.6) is 5.88 Å². The predicted octanol–water partition coefficient (Wildman–Crippen LogP) is 1.20. The van der Waals surface area contributed by atoms with Gasteiger partial charge in [0, 0.05) is 32.7 Å². The van der Waals surface area contributed by atoms with Gasteiger partial charge in [-0.25, -0.2) is 4.98 Å². The average molecular weight is 359 g/mol. The van der Waals surface area contributed by atoms with Gasteiger partial charge in [0.2, 0.25) is 10.8 Å². The van der Waals surface area contributed by atoms with Crippen LogP contribution in [0.2, 0.25) is 0 Å². The fourth-order valence-electron chi connectivity index (χ4n) is 3.42. The lowest BCUT2D eigenvalue weighted by Crippen LogP contribution is -2.48. The van der Waals surface area contributed by atoms with Crippen LogP contribution in [0.25, 0.3) is 4.96 Å². The van der Waals surface area contributed by atoms with Gasteiger partial charge in [-0.05, 0) is 5.56 Å². The normalized spacial score (nSPS) is 18.0. The molecule has 0 aliphatic carbocycles. The van der Waals surface area contributed by atoms with Crippen LogP contribution in [-0.4, -0.2) is 73.9 Å². The molecule has 3 heterocycles. The summed E-state index contributed by atoms with van der Waals surface area (Å²) < 4.78 is 1.50. The average Bonchev–Trinajstić information content (AvgIpc) is 3.22. The molecular weight excluding hydrogens is 338 g/mol. The molecular formula is C17H21N5O2S. The molecule has 132 valence electrons. The first-order chi connectivity index (χ1) is 12.3. The molecule has 25 heavy (non-hydrogen) atoms. The van der Waals surface area contributed by atoms with Crippen LogP contribution >= 0.6 is 11.3 Å². The van der Waals surface area contributed by atoms with Crippen molar-refractivity contribution in [2.45, 2.75) is 6.04 Å². The van der Waals surface area contributed by atoms with Gasteiger partial charge in [0.1, 0.15) is 6.33 Å². The second-order valence-corrected chi connectivity index (χ2v) is 7.17. The molecule has 1 aliphatic rings. The molecule has 0 bridgehead atoms. The van der Waals surface area contributed by atoms with Crippen molar-refractivity contribution in [2.75, 3.05) is 39.3 Å². The Morgan fingerprint density at radius 3 is 2.56 bits per heavy atom. The molecule has 1 aliphatic heterocycles. The smallest absolute Gasteiger partial charge is 0.230 e. The van der Waals surface area contributed by atoms with Gasteiger partial charge in [-0.2, -0.15) is 9.61 Å². The van der Waals surface area contributed by atoms with Gasteiger partial charge in [-0.1, -0.05) is 41.7 Å². The zero-order chi connectivity index (χ0) is 17.2. The van der Waals surface area contributed by atoms with Crippen molar-refractivity contribution >= 4 is 16.3 Å². The Morgan fingerprint density at radius 2 is 1.88 bits per heavy atom. The van der Waals surface area contributed by atoms with Crippen LogP contribution in [0.1, 0.15) is 16.5 Å². The monoisotopic (exact) mass is 359 g/mol. The van der Waals surface area contributed by atoms with Crippen molar-refractivity contribution in [1.82, 2.24) is 24.4 Å². The summed E-state index contributed by atoms with van der Waals surface area (Å²) in [6.45, 7) is 4.48. The van der Waals surface area contributed by atoms with E-state index in [4.69, 9.17) is 5.11 Å². The molecule has 0 amide bonds. The summed E-state index contributed by atoms with van der Waals surface area (Å²) in [5.41, 5.74) is 1.15. The summed E-state index contributed by atoms with van der Waals surface area (Å²) in [6, 6.07) is 10.2. The molecule has 0 unspecified atom stereocenters. The maximum absolute atomic E-state index is 10.7. The second kappa shape index (κ2) is 7.09. The highest BCUT2D eigenvalue weighted by Gasteiger charge is 2.31. The molecule has 4 rings (SSSR count). The summed E-state index contributed by atoms with van der Waals surface area (Å²) in [7, 11) is 0. The highest BCUT2D eigenvalue weighted by molar-refractivity contribution is 7.17. The quantitative estimate of drug-likeness (QED) is 0.713. The van der Waals surface area contributed by atoms with E-state index in [9.17, 15) is 5.11 Å². The van der Waals surface area contributed by atoms with Crippen molar-refractivity contribution in [3.63, 3.8) is 0 Å². The molecule has 2 N–H and O–H groups in total. The third kappa shape index (κ3) is 3.13. The number of aliphatic hydroxyl groups excluding tert-OH is 1. The minimum absolute atomic E-state index is 0.0222. The van der Waals surface area contributed by atoms with E-state index in [0.717, 1.165) is 36.6 Å². The van der Waals surface area contributed by atoms with E-state index < -0.39 is 0 Å². The molecule has 0 radical (unpaired) electrons. The highest BCUT2D eigenvalue weighted by Crippen LogP contribution is 2.39. The fourth-order valence-corrected chi connectivity index (χ4v) is 4.51. The van der Waals surface area contributed by atoms with Gasteiger partial charge in [-0.15, -0.1) is 0 Å². The highest BCUT2D eigenvalue weighted by atomic mass is 32.1. The molecule has 1 saturated heterocycles. The Balaban J connectivity index is 1.68. The molecule has 0 spiro atoms. The lowest BCUT2D eigenvalue weighted by Gasteiger charge is -2.38. The number of aromatic hydroxyl groups is 1. The zero-order valence-electron chi connectivity index (χ0n) is 13.8. The molecule has 8 heteroatoms. The Morgan fingerprint density at radius 1 is 1.12 bits per heavy atom. The van der Waals surface area contributed by atoms with E-state index in [1.807, 2.05) is 18.2 Å². The third-order valence-corrected chi connectivity index (χ3v) is 5.78. The molecule has 1 atom stereocenters. The maximum atomic E-state index is 10.7. The third-order valence-electron chi connectivity index (χ3n) is 4.69. The van der Waals surface area contributed by atoms with E-state index in [0.29, 0.717) is 11.5 Å². The van der Waals surface area contributed by atoms with Crippen molar-refractivity contribution in [2.24, 2.45) is 0 Å². The van der Waals surface area contributed by atoms with Gasteiger partial charge in [-0.3, -0.25) is 9.80 Å². The first-order valence-corrected chi connectivity index (χ1v) is 9.23. The number of nitrogens with zero attached hydrogens (tertiary/aromatic N) is 5. The number of aromatic nitrogens is 3. The van der Waals surface area contributed by atoms with Gasteiger partial charge < -0.3 is 10.2 Å². The maximum Gasteiger partial charge on any atom is 0.230 e. The van der Waals surface area contributed by atoms with Crippen molar-refractivity contribution in [3.8, 4) is 5.88 Å². The van der Waals surface area contributed by atoms with Gasteiger partial charge >= 0.3 is 0 Å². The zero-order valence-corrected chi connectivity index (χ0v) is 14.6. The number of rotatable bonds is 5. The number of aliphatic hydroxyl groups is 1. The van der Waals surface area contributed by atoms with E-state index >= 15 is 0 Å². The minimum Gasteiger partial charge on any atom is -0.492 e. The van der Waals surface area contributed by atoms with Crippen LogP contribution in [0.3, 0.4) is 0 Å². The van der Waals surface area contributed by atoms with E-state index in [1.54, 1.807) is 0 Å². The standard InChI is InChI=1S/C17H21N5O2S/c23-11-10-20-6-8-21(9-7-20)14(13-4-2-1-3-5-13)15-16(24)22-17(25-15)18-12-19-22/h1-5,12,14,23-24H,6-11H2/t14-/m0/s1. The Hall–Kier alpha value is -2.00. The molecule has 1 aromatic carbocycles. The molecule has 3 aromatic rings. The van der Waals surface area contributed by atoms with Crippen molar-refractivity contribution < 1.29 is 10.2 Å². The van der Waals surface area contributed by atoms with Crippen LogP contribution in [0.4, 0.5) is 0 Å². The van der Waals surface area contributed by atoms with Gasteiger partial charge in [0.15, 0.2) is 0 Å². The molecule has 0 saturated carbocycles. The Bertz CT molecular complexity index is 826. The number of β-amino-alcohol motifs (C(OH)–C–C–N with tert-alkyl or cyclic N) is 1. The number of benzene rings is 1. The summed E-state index contributed by atoms with van der Waals surface area (Å²) in [5, 5.41) is 23.9. The summed E-state index contributed by atoms with van der Waals surface area (Å²) >= 11 is 1.48. The van der Waals surface area contributed by atoms with Gasteiger partial charge in [0.25, 0.3) is 0 Å². The Kier molecular flexibility index (Phi) is 4.67.